The number of aryl methyl sites for hydroxylation is 1. The molecule has 0 amide bonds. The number of H-pyrrole nitrogens is 1. The Morgan fingerprint density at radius 3 is 2.87 bits per heavy atom. The van der Waals surface area contributed by atoms with Gasteiger partial charge in [0.15, 0.2) is 0 Å². The summed E-state index contributed by atoms with van der Waals surface area (Å²) < 4.78 is 4.57. The van der Waals surface area contributed by atoms with Crippen LogP contribution in [0.25, 0.3) is 0 Å². The highest BCUT2D eigenvalue weighted by Crippen LogP contribution is 2.12. The molecule has 1 heterocycles. The lowest BCUT2D eigenvalue weighted by Crippen LogP contribution is -2.09. The summed E-state index contributed by atoms with van der Waals surface area (Å²) >= 11 is 0. The lowest BCUT2D eigenvalue weighted by atomic mass is 10.2. The first kappa shape index (κ1) is 11.2. The minimum Gasteiger partial charge on any atom is -0.465 e. The third-order valence-corrected chi connectivity index (χ3v) is 1.98. The number of nitro groups is 1. The molecule has 0 atom stereocenters. The molecule has 0 saturated heterocycles. The van der Waals surface area contributed by atoms with Gasteiger partial charge in [-0.25, -0.2) is 4.79 Å². The van der Waals surface area contributed by atoms with Crippen molar-refractivity contribution < 1.29 is 14.5 Å². The fourth-order valence-electron chi connectivity index (χ4n) is 1.34. The molecule has 0 unspecified atom stereocenters. The van der Waals surface area contributed by atoms with E-state index in [9.17, 15) is 14.9 Å². The molecule has 1 N–H and O–H groups in total. The number of hydrogen-bond donors (Lipinski definition) is 1. The smallest absolute Gasteiger partial charge is 0.339 e. The van der Waals surface area contributed by atoms with Crippen molar-refractivity contribution in [3.8, 4) is 0 Å². The van der Waals surface area contributed by atoms with Crippen LogP contribution < -0.4 is 0 Å². The van der Waals surface area contributed by atoms with Gasteiger partial charge in [0.2, 0.25) is 6.54 Å². The summed E-state index contributed by atoms with van der Waals surface area (Å²) in [6.07, 6.45) is 0.200. The molecular weight excluding hydrogens is 200 g/mol. The van der Waals surface area contributed by atoms with E-state index < -0.39 is 10.9 Å². The number of nitrogens with one attached hydrogen (secondary N) is 1. The minimum absolute atomic E-state index is 0.200. The molecule has 0 bridgehead atoms. The molecule has 0 aliphatic rings. The lowest BCUT2D eigenvalue weighted by molar-refractivity contribution is -0.479. The van der Waals surface area contributed by atoms with E-state index in [-0.39, 0.29) is 13.0 Å². The van der Waals surface area contributed by atoms with E-state index in [1.54, 1.807) is 13.0 Å². The van der Waals surface area contributed by atoms with E-state index in [0.29, 0.717) is 11.3 Å². The average Bonchev–Trinajstić information content (AvgIpc) is 2.55. The molecule has 1 aromatic heterocycles. The molecule has 1 rings (SSSR count). The normalized spacial score (nSPS) is 10.0. The summed E-state index contributed by atoms with van der Waals surface area (Å²) in [5.74, 6) is -0.474. The first-order chi connectivity index (χ1) is 7.04. The van der Waals surface area contributed by atoms with Crippen LogP contribution in [0.1, 0.15) is 21.7 Å². The Kier molecular flexibility index (Phi) is 3.43. The van der Waals surface area contributed by atoms with Crippen LogP contribution in [0.5, 0.6) is 0 Å². The standard InChI is InChI=1S/C9H12N2O4/c1-6-5-7(9(12)15-2)8(10-6)3-4-11(13)14/h5,10H,3-4H2,1-2H3. The van der Waals surface area contributed by atoms with Crippen LogP contribution in [0.3, 0.4) is 0 Å². The summed E-state index contributed by atoms with van der Waals surface area (Å²) in [5, 5.41) is 10.2. The third-order valence-electron chi connectivity index (χ3n) is 1.98. The largest absolute Gasteiger partial charge is 0.465 e. The van der Waals surface area contributed by atoms with Crippen molar-refractivity contribution in [1.82, 2.24) is 4.98 Å². The lowest BCUT2D eigenvalue weighted by Gasteiger charge is -1.99. The Labute approximate surface area is 86.4 Å². The maximum absolute atomic E-state index is 11.3. The molecule has 0 saturated carbocycles. The molecule has 0 aromatic carbocycles. The summed E-state index contributed by atoms with van der Waals surface area (Å²) in [6, 6.07) is 1.63. The van der Waals surface area contributed by atoms with Crippen LogP contribution in [0.2, 0.25) is 0 Å². The predicted molar refractivity (Wildman–Crippen MR) is 52.4 cm³/mol. The Morgan fingerprint density at radius 1 is 1.67 bits per heavy atom. The highest BCUT2D eigenvalue weighted by molar-refractivity contribution is 5.90. The van der Waals surface area contributed by atoms with Gasteiger partial charge in [-0.15, -0.1) is 0 Å². The quantitative estimate of drug-likeness (QED) is 0.457. The maximum Gasteiger partial charge on any atom is 0.339 e. The Hall–Kier alpha value is -1.85. The van der Waals surface area contributed by atoms with E-state index in [1.807, 2.05) is 0 Å². The first-order valence-corrected chi connectivity index (χ1v) is 4.43. The number of esters is 1. The zero-order valence-corrected chi connectivity index (χ0v) is 8.57. The van der Waals surface area contributed by atoms with Gasteiger partial charge in [-0.1, -0.05) is 0 Å². The average molecular weight is 212 g/mol. The molecule has 0 aliphatic carbocycles. The van der Waals surface area contributed by atoms with E-state index in [0.717, 1.165) is 5.69 Å². The van der Waals surface area contributed by atoms with Gasteiger partial charge in [-0.2, -0.15) is 0 Å². The Morgan fingerprint density at radius 2 is 2.33 bits per heavy atom. The molecule has 82 valence electrons. The van der Waals surface area contributed by atoms with Crippen molar-refractivity contribution in [2.24, 2.45) is 0 Å². The molecule has 15 heavy (non-hydrogen) atoms. The van der Waals surface area contributed by atoms with Crippen LogP contribution >= 0.6 is 0 Å². The number of carbonyl (C=O) groups excluding carboxylic acids is 1. The van der Waals surface area contributed by atoms with Crippen LogP contribution in [-0.4, -0.2) is 29.5 Å². The second-order valence-electron chi connectivity index (χ2n) is 3.14. The van der Waals surface area contributed by atoms with E-state index in [1.165, 1.54) is 7.11 Å². The molecule has 0 radical (unpaired) electrons. The maximum atomic E-state index is 11.3. The molecule has 1 aromatic rings. The molecule has 6 nitrogen and oxygen atoms in total. The van der Waals surface area contributed by atoms with E-state index in [2.05, 4.69) is 9.72 Å². The van der Waals surface area contributed by atoms with Crippen molar-refractivity contribution in [3.63, 3.8) is 0 Å². The number of aromatic amines is 1. The zero-order valence-electron chi connectivity index (χ0n) is 8.57. The van der Waals surface area contributed by atoms with Crippen molar-refractivity contribution in [3.05, 3.63) is 33.1 Å². The summed E-state index contributed by atoms with van der Waals surface area (Å²) in [7, 11) is 1.28. The van der Waals surface area contributed by atoms with Gasteiger partial charge in [0, 0.05) is 16.3 Å². The SMILES string of the molecule is COC(=O)c1cc(C)[nH]c1CC[N+](=O)[O-]. The van der Waals surface area contributed by atoms with Gasteiger partial charge >= 0.3 is 5.97 Å². The van der Waals surface area contributed by atoms with E-state index in [4.69, 9.17) is 0 Å². The number of nitrogens with zero attached hydrogens (tertiary/aromatic N) is 1. The molecule has 0 spiro atoms. The zero-order chi connectivity index (χ0) is 11.4. The van der Waals surface area contributed by atoms with Crippen molar-refractivity contribution in [1.29, 1.82) is 0 Å². The fourth-order valence-corrected chi connectivity index (χ4v) is 1.34. The van der Waals surface area contributed by atoms with Crippen LogP contribution in [0.15, 0.2) is 6.07 Å². The van der Waals surface area contributed by atoms with Gasteiger partial charge in [0.1, 0.15) is 0 Å². The highest BCUT2D eigenvalue weighted by atomic mass is 16.6. The van der Waals surface area contributed by atoms with Gasteiger partial charge in [-0.3, -0.25) is 10.1 Å². The van der Waals surface area contributed by atoms with Crippen molar-refractivity contribution >= 4 is 5.97 Å². The number of ether oxygens (including phenoxy) is 1. The van der Waals surface area contributed by atoms with Gasteiger partial charge in [0.05, 0.1) is 19.1 Å². The number of aromatic nitrogens is 1. The summed E-state index contributed by atoms with van der Waals surface area (Å²) in [5.41, 5.74) is 1.71. The third kappa shape index (κ3) is 2.80. The Balaban J connectivity index is 2.86. The van der Waals surface area contributed by atoms with Gasteiger partial charge in [-0.05, 0) is 13.0 Å². The van der Waals surface area contributed by atoms with Crippen molar-refractivity contribution in [2.75, 3.05) is 13.7 Å². The highest BCUT2D eigenvalue weighted by Gasteiger charge is 2.15. The van der Waals surface area contributed by atoms with Crippen LogP contribution in [-0.2, 0) is 11.2 Å². The Bertz CT molecular complexity index is 383. The number of rotatable bonds is 4. The number of hydrogen-bond acceptors (Lipinski definition) is 4. The van der Waals surface area contributed by atoms with E-state index >= 15 is 0 Å². The number of carbonyl (C=O) groups is 1. The predicted octanol–water partition coefficient (Wildman–Crippen LogP) is 0.929. The second-order valence-corrected chi connectivity index (χ2v) is 3.14. The van der Waals surface area contributed by atoms with Gasteiger partial charge in [0.25, 0.3) is 0 Å². The monoisotopic (exact) mass is 212 g/mol. The summed E-state index contributed by atoms with van der Waals surface area (Å²) in [4.78, 5) is 24.0. The molecule has 0 aliphatic heterocycles. The molecule has 0 fully saturated rings. The number of methoxy groups -OCH3 is 1. The molecular formula is C9H12N2O4. The van der Waals surface area contributed by atoms with Crippen LogP contribution in [0.4, 0.5) is 0 Å². The van der Waals surface area contributed by atoms with Gasteiger partial charge < -0.3 is 9.72 Å². The van der Waals surface area contributed by atoms with Crippen molar-refractivity contribution in [2.45, 2.75) is 13.3 Å². The topological polar surface area (TPSA) is 85.2 Å². The molecule has 6 heteroatoms. The second kappa shape index (κ2) is 4.59. The summed E-state index contributed by atoms with van der Waals surface area (Å²) in [6.45, 7) is 1.58. The van der Waals surface area contributed by atoms with Crippen LogP contribution in [0, 0.1) is 17.0 Å². The minimum atomic E-state index is -0.474. The fraction of sp³-hybridized carbons (Fsp3) is 0.444. The first-order valence-electron chi connectivity index (χ1n) is 4.43.